The minimum atomic E-state index is -0.184. The van der Waals surface area contributed by atoms with E-state index in [0.29, 0.717) is 13.0 Å². The standard InChI is InChI=1S/C16H20BrNO3/c1-21-16(20)5-3-2-4-12-18-15(19)11-8-13-6-9-14(17)10-7-13/h6-11H,2-5,12H2,1H3,(H,18,19)/b11-8+. The van der Waals surface area contributed by atoms with Gasteiger partial charge >= 0.3 is 5.97 Å². The molecule has 1 aromatic carbocycles. The summed E-state index contributed by atoms with van der Waals surface area (Å²) in [5.41, 5.74) is 0.978. The first kappa shape index (κ1) is 17.4. The molecule has 5 heteroatoms. The number of hydrogen-bond donors (Lipinski definition) is 1. The summed E-state index contributed by atoms with van der Waals surface area (Å²) < 4.78 is 5.57. The lowest BCUT2D eigenvalue weighted by Gasteiger charge is -2.02. The van der Waals surface area contributed by atoms with Crippen LogP contribution < -0.4 is 5.32 Å². The zero-order valence-corrected chi connectivity index (χ0v) is 13.7. The summed E-state index contributed by atoms with van der Waals surface area (Å²) in [7, 11) is 1.39. The lowest BCUT2D eigenvalue weighted by atomic mass is 10.2. The molecule has 0 atom stereocenters. The third-order valence-corrected chi connectivity index (χ3v) is 3.41. The third-order valence-electron chi connectivity index (χ3n) is 2.88. The molecule has 0 heterocycles. The lowest BCUT2D eigenvalue weighted by molar-refractivity contribution is -0.140. The average molecular weight is 354 g/mol. The summed E-state index contributed by atoms with van der Waals surface area (Å²) in [6.45, 7) is 0.616. The molecule has 0 aliphatic carbocycles. The van der Waals surface area contributed by atoms with E-state index in [4.69, 9.17) is 0 Å². The normalized spacial score (nSPS) is 10.6. The highest BCUT2D eigenvalue weighted by molar-refractivity contribution is 9.10. The molecule has 1 amide bonds. The second kappa shape index (κ2) is 10.2. The van der Waals surface area contributed by atoms with E-state index in [-0.39, 0.29) is 11.9 Å². The van der Waals surface area contributed by atoms with Gasteiger partial charge in [0.1, 0.15) is 0 Å². The highest BCUT2D eigenvalue weighted by Gasteiger charge is 1.99. The molecule has 0 aromatic heterocycles. The van der Waals surface area contributed by atoms with E-state index in [1.807, 2.05) is 24.3 Å². The zero-order chi connectivity index (χ0) is 15.5. The summed E-state index contributed by atoms with van der Waals surface area (Å²) >= 11 is 3.36. The second-order valence-electron chi connectivity index (χ2n) is 4.56. The SMILES string of the molecule is COC(=O)CCCCCNC(=O)/C=C/c1ccc(Br)cc1. The summed E-state index contributed by atoms with van der Waals surface area (Å²) in [5, 5.41) is 2.82. The van der Waals surface area contributed by atoms with Gasteiger partial charge in [-0.3, -0.25) is 9.59 Å². The van der Waals surface area contributed by atoms with E-state index in [9.17, 15) is 9.59 Å². The quantitative estimate of drug-likeness (QED) is 0.443. The summed E-state index contributed by atoms with van der Waals surface area (Å²) in [6.07, 6.45) is 6.28. The molecular weight excluding hydrogens is 334 g/mol. The summed E-state index contributed by atoms with van der Waals surface area (Å²) in [4.78, 5) is 22.5. The van der Waals surface area contributed by atoms with Crippen LogP contribution in [0.1, 0.15) is 31.2 Å². The van der Waals surface area contributed by atoms with E-state index in [1.165, 1.54) is 13.2 Å². The molecule has 0 saturated heterocycles. The van der Waals surface area contributed by atoms with Crippen LogP contribution in [0.25, 0.3) is 6.08 Å². The smallest absolute Gasteiger partial charge is 0.305 e. The van der Waals surface area contributed by atoms with Crippen molar-refractivity contribution < 1.29 is 14.3 Å². The molecule has 1 aromatic rings. The number of hydrogen-bond acceptors (Lipinski definition) is 3. The van der Waals surface area contributed by atoms with Crippen molar-refractivity contribution in [3.05, 3.63) is 40.4 Å². The molecule has 0 radical (unpaired) electrons. The number of halogens is 1. The minimum absolute atomic E-state index is 0.106. The zero-order valence-electron chi connectivity index (χ0n) is 12.1. The van der Waals surface area contributed by atoms with E-state index in [2.05, 4.69) is 26.0 Å². The Morgan fingerprint density at radius 1 is 1.19 bits per heavy atom. The van der Waals surface area contributed by atoms with Gasteiger partial charge in [0.05, 0.1) is 7.11 Å². The number of nitrogens with one attached hydrogen (secondary N) is 1. The van der Waals surface area contributed by atoms with Gasteiger partial charge in [-0.2, -0.15) is 0 Å². The Bertz CT molecular complexity index is 483. The number of amides is 1. The number of methoxy groups -OCH3 is 1. The van der Waals surface area contributed by atoms with Gasteiger partial charge in [0, 0.05) is 23.5 Å². The molecule has 0 aliphatic rings. The van der Waals surface area contributed by atoms with Gasteiger partial charge in [-0.05, 0) is 36.6 Å². The van der Waals surface area contributed by atoms with E-state index in [1.54, 1.807) is 6.08 Å². The molecule has 4 nitrogen and oxygen atoms in total. The van der Waals surface area contributed by atoms with Crippen molar-refractivity contribution in [2.45, 2.75) is 25.7 Å². The van der Waals surface area contributed by atoms with Gasteiger partial charge in [-0.1, -0.05) is 34.5 Å². The Morgan fingerprint density at radius 3 is 2.57 bits per heavy atom. The third kappa shape index (κ3) is 8.30. The van der Waals surface area contributed by atoms with Crippen LogP contribution in [0.3, 0.4) is 0 Å². The summed E-state index contributed by atoms with van der Waals surface area (Å²) in [5.74, 6) is -0.289. The monoisotopic (exact) mass is 353 g/mol. The van der Waals surface area contributed by atoms with Crippen LogP contribution in [0.15, 0.2) is 34.8 Å². The number of ether oxygens (including phenoxy) is 1. The molecule has 1 N–H and O–H groups in total. The van der Waals surface area contributed by atoms with Crippen LogP contribution in [0.4, 0.5) is 0 Å². The average Bonchev–Trinajstić information content (AvgIpc) is 2.49. The van der Waals surface area contributed by atoms with Gasteiger partial charge in [0.25, 0.3) is 0 Å². The molecule has 0 fully saturated rings. The van der Waals surface area contributed by atoms with Gasteiger partial charge < -0.3 is 10.1 Å². The molecule has 0 saturated carbocycles. The molecule has 21 heavy (non-hydrogen) atoms. The fourth-order valence-electron chi connectivity index (χ4n) is 1.69. The van der Waals surface area contributed by atoms with Crippen molar-refractivity contribution in [2.24, 2.45) is 0 Å². The number of carbonyl (C=O) groups is 2. The van der Waals surface area contributed by atoms with Crippen molar-refractivity contribution in [2.75, 3.05) is 13.7 Å². The molecule has 114 valence electrons. The number of carbonyl (C=O) groups excluding carboxylic acids is 2. The predicted octanol–water partition coefficient (Wildman–Crippen LogP) is 3.31. The molecule has 0 bridgehead atoms. The van der Waals surface area contributed by atoms with Crippen LogP contribution in [0.2, 0.25) is 0 Å². The Kier molecular flexibility index (Phi) is 8.43. The minimum Gasteiger partial charge on any atom is -0.469 e. The van der Waals surface area contributed by atoms with Crippen LogP contribution in [0, 0.1) is 0 Å². The fraction of sp³-hybridized carbons (Fsp3) is 0.375. The molecular formula is C16H20BrNO3. The molecule has 0 spiro atoms. The van der Waals surface area contributed by atoms with Crippen LogP contribution in [0.5, 0.6) is 0 Å². The molecule has 0 aliphatic heterocycles. The highest BCUT2D eigenvalue weighted by atomic mass is 79.9. The number of esters is 1. The first-order chi connectivity index (χ1) is 10.1. The van der Waals surface area contributed by atoms with Gasteiger partial charge in [0.2, 0.25) is 5.91 Å². The highest BCUT2D eigenvalue weighted by Crippen LogP contribution is 2.11. The summed E-state index contributed by atoms with van der Waals surface area (Å²) in [6, 6.07) is 7.72. The Labute approximate surface area is 133 Å². The Hall–Kier alpha value is -1.62. The fourth-order valence-corrected chi connectivity index (χ4v) is 1.95. The topological polar surface area (TPSA) is 55.4 Å². The first-order valence-corrected chi connectivity index (χ1v) is 7.69. The maximum atomic E-state index is 11.6. The second-order valence-corrected chi connectivity index (χ2v) is 5.48. The van der Waals surface area contributed by atoms with Crippen molar-refractivity contribution in [3.8, 4) is 0 Å². The maximum Gasteiger partial charge on any atom is 0.305 e. The Morgan fingerprint density at radius 2 is 1.90 bits per heavy atom. The maximum absolute atomic E-state index is 11.6. The van der Waals surface area contributed by atoms with Gasteiger partial charge in [-0.15, -0.1) is 0 Å². The first-order valence-electron chi connectivity index (χ1n) is 6.90. The van der Waals surface area contributed by atoms with Gasteiger partial charge in [0.15, 0.2) is 0 Å². The number of unbranched alkanes of at least 4 members (excludes halogenated alkanes) is 2. The van der Waals surface area contributed by atoms with E-state index < -0.39 is 0 Å². The number of rotatable bonds is 8. The van der Waals surface area contributed by atoms with Gasteiger partial charge in [-0.25, -0.2) is 0 Å². The van der Waals surface area contributed by atoms with Crippen molar-refractivity contribution >= 4 is 33.9 Å². The predicted molar refractivity (Wildman–Crippen MR) is 86.7 cm³/mol. The Balaban J connectivity index is 2.14. The molecule has 0 unspecified atom stereocenters. The lowest BCUT2D eigenvalue weighted by Crippen LogP contribution is -2.22. The molecule has 1 rings (SSSR count). The number of benzene rings is 1. The van der Waals surface area contributed by atoms with Crippen molar-refractivity contribution in [1.82, 2.24) is 5.32 Å². The van der Waals surface area contributed by atoms with Crippen molar-refractivity contribution in [1.29, 1.82) is 0 Å². The van der Waals surface area contributed by atoms with Crippen LogP contribution >= 0.6 is 15.9 Å². The van der Waals surface area contributed by atoms with Crippen LogP contribution in [-0.2, 0) is 14.3 Å². The van der Waals surface area contributed by atoms with Crippen molar-refractivity contribution in [3.63, 3.8) is 0 Å². The largest absolute Gasteiger partial charge is 0.469 e. The van der Waals surface area contributed by atoms with E-state index >= 15 is 0 Å². The van der Waals surface area contributed by atoms with Crippen LogP contribution in [-0.4, -0.2) is 25.5 Å². The van der Waals surface area contributed by atoms with E-state index in [0.717, 1.165) is 29.3 Å².